The summed E-state index contributed by atoms with van der Waals surface area (Å²) in [5, 5.41) is 12.6. The third kappa shape index (κ3) is 4.20. The fraction of sp³-hybridized carbons (Fsp3) is 0. The van der Waals surface area contributed by atoms with E-state index in [2.05, 4.69) is 168 Å². The summed E-state index contributed by atoms with van der Waals surface area (Å²) in [7, 11) is 0. The molecule has 0 aliphatic rings. The molecule has 0 radical (unpaired) electrons. The molecule has 0 spiro atoms. The maximum absolute atomic E-state index is 5.47. The van der Waals surface area contributed by atoms with Gasteiger partial charge in [0.1, 0.15) is 0 Å². The predicted octanol–water partition coefficient (Wildman–Crippen LogP) is 13.9. The Labute approximate surface area is 311 Å². The highest BCUT2D eigenvalue weighted by atomic mass is 32.1. The Hall–Kier alpha value is -6.40. The summed E-state index contributed by atoms with van der Waals surface area (Å²) >= 11 is 3.77. The highest BCUT2D eigenvalue weighted by Gasteiger charge is 2.25. The summed E-state index contributed by atoms with van der Waals surface area (Å²) in [4.78, 5) is 10.9. The summed E-state index contributed by atoms with van der Waals surface area (Å²) in [5.41, 5.74) is 6.15. The molecule has 0 atom stereocenters. The van der Waals surface area contributed by atoms with Gasteiger partial charge in [0.05, 0.1) is 22.4 Å². The summed E-state index contributed by atoms with van der Waals surface area (Å²) in [6.45, 7) is 0. The van der Waals surface area contributed by atoms with E-state index in [1.807, 2.05) is 22.7 Å². The molecule has 3 nitrogen and oxygen atoms in total. The van der Waals surface area contributed by atoms with E-state index in [1.54, 1.807) is 0 Å². The van der Waals surface area contributed by atoms with E-state index < -0.39 is 0 Å². The van der Waals surface area contributed by atoms with Gasteiger partial charge < -0.3 is 0 Å². The quantitative estimate of drug-likeness (QED) is 0.183. The van der Waals surface area contributed by atoms with Crippen molar-refractivity contribution in [3.05, 3.63) is 164 Å². The van der Waals surface area contributed by atoms with E-state index in [4.69, 9.17) is 9.97 Å². The Morgan fingerprint density at radius 1 is 0.396 bits per heavy atom. The first-order chi connectivity index (χ1) is 26.3. The van der Waals surface area contributed by atoms with Crippen molar-refractivity contribution in [1.29, 1.82) is 0 Å². The van der Waals surface area contributed by atoms with Crippen molar-refractivity contribution < 1.29 is 0 Å². The Balaban J connectivity index is 1.29. The molecule has 0 bridgehead atoms. The van der Waals surface area contributed by atoms with Crippen molar-refractivity contribution in [2.75, 3.05) is 0 Å². The second kappa shape index (κ2) is 11.1. The van der Waals surface area contributed by atoms with Gasteiger partial charge in [-0.2, -0.15) is 0 Å². The summed E-state index contributed by atoms with van der Waals surface area (Å²) in [5.74, 6) is 0.665. The van der Waals surface area contributed by atoms with Gasteiger partial charge in [0.25, 0.3) is 0 Å². The number of para-hydroxylation sites is 1. The minimum absolute atomic E-state index is 0.665. The maximum Gasteiger partial charge on any atom is 0.235 e. The Bertz CT molecular complexity index is 3460. The van der Waals surface area contributed by atoms with E-state index >= 15 is 0 Å². The van der Waals surface area contributed by atoms with Crippen LogP contribution < -0.4 is 0 Å². The summed E-state index contributed by atoms with van der Waals surface area (Å²) < 4.78 is 7.56. The van der Waals surface area contributed by atoms with Crippen LogP contribution in [0.15, 0.2) is 164 Å². The average molecular weight is 710 g/mol. The van der Waals surface area contributed by atoms with E-state index in [0.717, 1.165) is 33.5 Å². The Kier molecular flexibility index (Phi) is 6.09. The first-order valence-corrected chi connectivity index (χ1v) is 19.5. The minimum atomic E-state index is 0.665. The topological polar surface area (TPSA) is 30.7 Å². The third-order valence-corrected chi connectivity index (χ3v) is 13.1. The molecule has 12 rings (SSSR count). The largest absolute Gasteiger partial charge is 0.277 e. The molecule has 4 aromatic heterocycles. The second-order valence-corrected chi connectivity index (χ2v) is 15.8. The molecule has 0 aliphatic heterocycles. The monoisotopic (exact) mass is 709 g/mol. The van der Waals surface area contributed by atoms with Crippen LogP contribution in [-0.2, 0) is 0 Å². The molecule has 246 valence electrons. The molecule has 0 unspecified atom stereocenters. The van der Waals surface area contributed by atoms with Gasteiger partial charge in [-0.05, 0) is 47.2 Å². The molecule has 0 fully saturated rings. The highest BCUT2D eigenvalue weighted by molar-refractivity contribution is 7.27. The van der Waals surface area contributed by atoms with Crippen molar-refractivity contribution in [2.45, 2.75) is 0 Å². The number of thiophene rings is 2. The lowest BCUT2D eigenvalue weighted by atomic mass is 9.96. The number of aromatic nitrogens is 3. The normalized spacial score (nSPS) is 12.2. The van der Waals surface area contributed by atoms with E-state index in [9.17, 15) is 0 Å². The Morgan fingerprint density at radius 3 is 1.89 bits per heavy atom. The van der Waals surface area contributed by atoms with Gasteiger partial charge >= 0.3 is 0 Å². The van der Waals surface area contributed by atoms with Crippen molar-refractivity contribution in [1.82, 2.24) is 14.5 Å². The number of benzene rings is 8. The lowest BCUT2D eigenvalue weighted by molar-refractivity contribution is 0.998. The van der Waals surface area contributed by atoms with Gasteiger partial charge in [-0.3, -0.25) is 4.57 Å². The van der Waals surface area contributed by atoms with Crippen LogP contribution in [-0.4, -0.2) is 14.5 Å². The fourth-order valence-electron chi connectivity index (χ4n) is 8.46. The number of hydrogen-bond donors (Lipinski definition) is 0. The molecule has 0 saturated heterocycles. The lowest BCUT2D eigenvalue weighted by Crippen LogP contribution is -2.04. The molecule has 12 aromatic rings. The number of fused-ring (bicyclic) bond motifs is 15. The Morgan fingerprint density at radius 2 is 1.06 bits per heavy atom. The molecule has 5 heteroatoms. The second-order valence-electron chi connectivity index (χ2n) is 13.7. The van der Waals surface area contributed by atoms with Gasteiger partial charge in [0.15, 0.2) is 0 Å². The smallest absolute Gasteiger partial charge is 0.235 e. The number of hydrogen-bond acceptors (Lipinski definition) is 4. The van der Waals surface area contributed by atoms with Crippen molar-refractivity contribution in [3.8, 4) is 28.5 Å². The molecular weight excluding hydrogens is 683 g/mol. The molecule has 8 aromatic carbocycles. The van der Waals surface area contributed by atoms with Crippen LogP contribution in [0.1, 0.15) is 0 Å². The lowest BCUT2D eigenvalue weighted by Gasteiger charge is -2.14. The zero-order valence-electron chi connectivity index (χ0n) is 28.2. The molecular formula is C48H27N3S2. The molecule has 4 heterocycles. The van der Waals surface area contributed by atoms with Crippen molar-refractivity contribution in [3.63, 3.8) is 0 Å². The van der Waals surface area contributed by atoms with Crippen molar-refractivity contribution in [2.24, 2.45) is 0 Å². The molecule has 53 heavy (non-hydrogen) atoms. The van der Waals surface area contributed by atoms with Crippen LogP contribution in [0.25, 0.3) is 112 Å². The van der Waals surface area contributed by atoms with Crippen LogP contribution in [0.2, 0.25) is 0 Å². The van der Waals surface area contributed by atoms with Crippen LogP contribution in [0.3, 0.4) is 0 Å². The van der Waals surface area contributed by atoms with Gasteiger partial charge in [-0.15, -0.1) is 22.7 Å². The zero-order valence-corrected chi connectivity index (χ0v) is 29.9. The fourth-order valence-corrected chi connectivity index (χ4v) is 10.8. The third-order valence-electron chi connectivity index (χ3n) is 10.8. The zero-order chi connectivity index (χ0) is 34.6. The van der Waals surface area contributed by atoms with Crippen molar-refractivity contribution >= 4 is 106 Å². The van der Waals surface area contributed by atoms with Crippen LogP contribution in [0, 0.1) is 0 Å². The number of nitrogens with zero attached hydrogens (tertiary/aromatic N) is 3. The molecule has 0 aliphatic carbocycles. The maximum atomic E-state index is 5.47. The molecule has 0 amide bonds. The average Bonchev–Trinajstić information content (AvgIpc) is 3.91. The van der Waals surface area contributed by atoms with Crippen LogP contribution in [0.4, 0.5) is 0 Å². The van der Waals surface area contributed by atoms with E-state index in [0.29, 0.717) is 5.95 Å². The van der Waals surface area contributed by atoms with Crippen LogP contribution in [0.5, 0.6) is 0 Å². The molecule has 0 saturated carbocycles. The van der Waals surface area contributed by atoms with Gasteiger partial charge in [-0.1, -0.05) is 127 Å². The first-order valence-electron chi connectivity index (χ1n) is 17.8. The first kappa shape index (κ1) is 29.2. The SMILES string of the molecule is c1ccc(-c2cc(-c3ccc4ccccc4c3)nc(-n3c4ccccc4c4c5sc6ccccc6c5c5c(ccc6sc7ccccc7c65)c43)n2)cc1. The van der Waals surface area contributed by atoms with E-state index in [1.165, 1.54) is 72.7 Å². The summed E-state index contributed by atoms with van der Waals surface area (Å²) in [6.07, 6.45) is 0. The highest BCUT2D eigenvalue weighted by Crippen LogP contribution is 2.51. The van der Waals surface area contributed by atoms with Gasteiger partial charge in [-0.25, -0.2) is 9.97 Å². The van der Waals surface area contributed by atoms with Crippen LogP contribution >= 0.6 is 22.7 Å². The minimum Gasteiger partial charge on any atom is -0.277 e. The van der Waals surface area contributed by atoms with Gasteiger partial charge in [0, 0.05) is 73.0 Å². The van der Waals surface area contributed by atoms with Gasteiger partial charge in [0.2, 0.25) is 5.95 Å². The summed E-state index contributed by atoms with van der Waals surface area (Å²) in [6, 6.07) is 59.0. The van der Waals surface area contributed by atoms with E-state index in [-0.39, 0.29) is 0 Å². The predicted molar refractivity (Wildman–Crippen MR) is 228 cm³/mol. The number of rotatable bonds is 3. The standard InChI is InChI=1S/C48H27N3S2/c1-2-13-29(14-3-1)36-27-37(31-23-22-28-12-4-5-15-30(28)26-31)50-48(49-36)51-38-19-9-6-16-32(38)45-46(51)35-24-25-41-42(33-17-7-10-20-39(33)52-41)43(35)44-34-18-8-11-21-40(34)53-47(44)45/h1-27H. The molecule has 0 N–H and O–H groups in total.